The van der Waals surface area contributed by atoms with Crippen LogP contribution in [0.15, 0.2) is 65.9 Å². The van der Waals surface area contributed by atoms with E-state index >= 15 is 0 Å². The first-order valence-corrected chi connectivity index (χ1v) is 9.61. The maximum absolute atomic E-state index is 13.0. The fourth-order valence-electron chi connectivity index (χ4n) is 4.08. The third-order valence-corrected chi connectivity index (χ3v) is 5.46. The largest absolute Gasteiger partial charge is 0.497 e. The fraction of sp³-hybridized carbons (Fsp3) is 0.261. The Morgan fingerprint density at radius 2 is 1.83 bits per heavy atom. The first-order valence-electron chi connectivity index (χ1n) is 9.61. The molecule has 2 N–H and O–H groups in total. The lowest BCUT2D eigenvalue weighted by molar-refractivity contribution is -0.129. The molecule has 0 radical (unpaired) electrons. The number of hydrogen-bond acceptors (Lipinski definition) is 4. The SMILES string of the molecule is COc1cccc(NC(=O)C2CC(=O)NC3=C2C(=O)CC(c2ccccc2)C3)c1. The Hall–Kier alpha value is -3.41. The molecule has 4 rings (SSSR count). The summed E-state index contributed by atoms with van der Waals surface area (Å²) in [5.41, 5.74) is 2.65. The molecule has 0 spiro atoms. The minimum absolute atomic E-state index is 0.00273. The Labute approximate surface area is 168 Å². The average molecular weight is 390 g/mol. The molecule has 2 aromatic rings. The van der Waals surface area contributed by atoms with Gasteiger partial charge in [0, 0.05) is 35.9 Å². The number of hydrogen-bond donors (Lipinski definition) is 2. The maximum Gasteiger partial charge on any atom is 0.232 e. The summed E-state index contributed by atoms with van der Waals surface area (Å²) in [7, 11) is 1.55. The molecule has 29 heavy (non-hydrogen) atoms. The Bertz CT molecular complexity index is 997. The van der Waals surface area contributed by atoms with E-state index in [4.69, 9.17) is 4.74 Å². The number of ketones is 1. The molecule has 2 amide bonds. The molecule has 0 saturated heterocycles. The molecular formula is C23H22N2O4. The summed E-state index contributed by atoms with van der Waals surface area (Å²) in [5.74, 6) is -0.838. The average Bonchev–Trinajstić information content (AvgIpc) is 2.73. The van der Waals surface area contributed by atoms with E-state index in [0.717, 1.165) is 5.56 Å². The Kier molecular flexibility index (Phi) is 5.16. The Morgan fingerprint density at radius 1 is 1.03 bits per heavy atom. The molecule has 6 nitrogen and oxygen atoms in total. The van der Waals surface area contributed by atoms with Crippen LogP contribution in [0.3, 0.4) is 0 Å². The second kappa shape index (κ2) is 7.91. The summed E-state index contributed by atoms with van der Waals surface area (Å²) < 4.78 is 5.18. The van der Waals surface area contributed by atoms with Crippen LogP contribution in [0.2, 0.25) is 0 Å². The topological polar surface area (TPSA) is 84.5 Å². The predicted octanol–water partition coefficient (Wildman–Crippen LogP) is 3.17. The molecule has 1 heterocycles. The van der Waals surface area contributed by atoms with Gasteiger partial charge in [-0.05, 0) is 30.0 Å². The van der Waals surface area contributed by atoms with E-state index in [0.29, 0.717) is 35.5 Å². The molecule has 0 fully saturated rings. The van der Waals surface area contributed by atoms with Gasteiger partial charge in [-0.3, -0.25) is 14.4 Å². The van der Waals surface area contributed by atoms with Crippen LogP contribution in [0.1, 0.15) is 30.7 Å². The molecule has 2 atom stereocenters. The number of carbonyl (C=O) groups excluding carboxylic acids is 3. The van der Waals surface area contributed by atoms with Crippen LogP contribution in [0.5, 0.6) is 5.75 Å². The minimum atomic E-state index is -0.783. The van der Waals surface area contributed by atoms with Crippen molar-refractivity contribution in [1.82, 2.24) is 5.32 Å². The Balaban J connectivity index is 1.60. The zero-order valence-electron chi connectivity index (χ0n) is 16.1. The molecule has 6 heteroatoms. The number of ether oxygens (including phenoxy) is 1. The highest BCUT2D eigenvalue weighted by Crippen LogP contribution is 2.39. The van der Waals surface area contributed by atoms with Crippen molar-refractivity contribution in [2.75, 3.05) is 12.4 Å². The summed E-state index contributed by atoms with van der Waals surface area (Å²) >= 11 is 0. The van der Waals surface area contributed by atoms with Gasteiger partial charge in [0.15, 0.2) is 5.78 Å². The van der Waals surface area contributed by atoms with Crippen LogP contribution in [-0.4, -0.2) is 24.7 Å². The summed E-state index contributed by atoms with van der Waals surface area (Å²) in [4.78, 5) is 38.2. The van der Waals surface area contributed by atoms with E-state index in [-0.39, 0.29) is 29.9 Å². The zero-order valence-corrected chi connectivity index (χ0v) is 16.1. The number of Topliss-reactive ketones (excluding diaryl/α,β-unsaturated/α-hetero) is 1. The van der Waals surface area contributed by atoms with Gasteiger partial charge in [-0.25, -0.2) is 0 Å². The van der Waals surface area contributed by atoms with E-state index in [9.17, 15) is 14.4 Å². The van der Waals surface area contributed by atoms with Gasteiger partial charge >= 0.3 is 0 Å². The molecule has 2 aliphatic rings. The van der Waals surface area contributed by atoms with Gasteiger partial charge in [0.05, 0.1) is 13.0 Å². The summed E-state index contributed by atoms with van der Waals surface area (Å²) in [6.45, 7) is 0. The van der Waals surface area contributed by atoms with Crippen LogP contribution in [0.25, 0.3) is 0 Å². The molecular weight excluding hydrogens is 368 g/mol. The van der Waals surface area contributed by atoms with Gasteiger partial charge in [-0.2, -0.15) is 0 Å². The maximum atomic E-state index is 13.0. The number of nitrogens with one attached hydrogen (secondary N) is 2. The standard InChI is InChI=1S/C23H22N2O4/c1-29-17-9-5-8-16(12-17)24-23(28)18-13-21(27)25-19-10-15(11-20(26)22(18)19)14-6-3-2-4-7-14/h2-9,12,15,18H,10-11,13H2,1H3,(H,24,28)(H,25,27). The first kappa shape index (κ1) is 18.9. The molecule has 1 aliphatic carbocycles. The van der Waals surface area contributed by atoms with Gasteiger partial charge in [-0.1, -0.05) is 36.4 Å². The van der Waals surface area contributed by atoms with E-state index in [1.807, 2.05) is 30.3 Å². The molecule has 0 aromatic heterocycles. The number of amides is 2. The van der Waals surface area contributed by atoms with Crippen molar-refractivity contribution >= 4 is 23.3 Å². The number of rotatable bonds is 4. The lowest BCUT2D eigenvalue weighted by atomic mass is 9.75. The van der Waals surface area contributed by atoms with Gasteiger partial charge < -0.3 is 15.4 Å². The van der Waals surface area contributed by atoms with E-state index in [2.05, 4.69) is 10.6 Å². The van der Waals surface area contributed by atoms with E-state index in [1.165, 1.54) is 0 Å². The van der Waals surface area contributed by atoms with Crippen molar-refractivity contribution in [2.45, 2.75) is 25.2 Å². The van der Waals surface area contributed by atoms with Gasteiger partial charge in [0.2, 0.25) is 11.8 Å². The van der Waals surface area contributed by atoms with Crippen molar-refractivity contribution in [1.29, 1.82) is 0 Å². The van der Waals surface area contributed by atoms with Crippen LogP contribution >= 0.6 is 0 Å². The highest BCUT2D eigenvalue weighted by atomic mass is 16.5. The highest BCUT2D eigenvalue weighted by molar-refractivity contribution is 6.09. The molecule has 0 saturated carbocycles. The first-order chi connectivity index (χ1) is 14.0. The van der Waals surface area contributed by atoms with Crippen molar-refractivity contribution in [3.8, 4) is 5.75 Å². The van der Waals surface area contributed by atoms with Crippen LogP contribution < -0.4 is 15.4 Å². The van der Waals surface area contributed by atoms with Gasteiger partial charge in [0.1, 0.15) is 5.75 Å². The lowest BCUT2D eigenvalue weighted by Crippen LogP contribution is -2.43. The van der Waals surface area contributed by atoms with Crippen LogP contribution in [0.4, 0.5) is 5.69 Å². The quantitative estimate of drug-likeness (QED) is 0.840. The van der Waals surface area contributed by atoms with Crippen molar-refractivity contribution in [3.63, 3.8) is 0 Å². The van der Waals surface area contributed by atoms with Crippen molar-refractivity contribution in [2.24, 2.45) is 5.92 Å². The minimum Gasteiger partial charge on any atom is -0.497 e. The van der Waals surface area contributed by atoms with E-state index in [1.54, 1.807) is 31.4 Å². The molecule has 0 bridgehead atoms. The third-order valence-electron chi connectivity index (χ3n) is 5.46. The highest BCUT2D eigenvalue weighted by Gasteiger charge is 2.40. The summed E-state index contributed by atoms with van der Waals surface area (Å²) in [6.07, 6.45) is 0.845. The fourth-order valence-corrected chi connectivity index (χ4v) is 4.08. The lowest BCUT2D eigenvalue weighted by Gasteiger charge is -2.33. The molecule has 2 unspecified atom stereocenters. The number of methoxy groups -OCH3 is 1. The van der Waals surface area contributed by atoms with Crippen molar-refractivity contribution in [3.05, 3.63) is 71.4 Å². The smallest absolute Gasteiger partial charge is 0.232 e. The molecule has 1 aliphatic heterocycles. The normalized spacial score (nSPS) is 21.3. The van der Waals surface area contributed by atoms with E-state index < -0.39 is 5.92 Å². The van der Waals surface area contributed by atoms with Crippen molar-refractivity contribution < 1.29 is 19.1 Å². The predicted molar refractivity (Wildman–Crippen MR) is 108 cm³/mol. The van der Waals surface area contributed by atoms with Gasteiger partial charge in [0.25, 0.3) is 0 Å². The second-order valence-electron chi connectivity index (χ2n) is 7.36. The van der Waals surface area contributed by atoms with Crippen LogP contribution in [0, 0.1) is 5.92 Å². The molecule has 148 valence electrons. The zero-order chi connectivity index (χ0) is 20.4. The second-order valence-corrected chi connectivity index (χ2v) is 7.36. The van der Waals surface area contributed by atoms with Crippen LogP contribution in [-0.2, 0) is 14.4 Å². The molecule has 2 aromatic carbocycles. The number of carbonyl (C=O) groups is 3. The number of anilines is 1. The summed E-state index contributed by atoms with van der Waals surface area (Å²) in [6, 6.07) is 16.8. The monoisotopic (exact) mass is 390 g/mol. The summed E-state index contributed by atoms with van der Waals surface area (Å²) in [5, 5.41) is 5.65. The van der Waals surface area contributed by atoms with Gasteiger partial charge in [-0.15, -0.1) is 0 Å². The number of allylic oxidation sites excluding steroid dienone is 1. The Morgan fingerprint density at radius 3 is 2.59 bits per heavy atom. The number of benzene rings is 2. The third kappa shape index (κ3) is 3.92.